The minimum atomic E-state index is -0.992. The molecule has 0 aromatic heterocycles. The van der Waals surface area contributed by atoms with E-state index < -0.39 is 12.1 Å². The van der Waals surface area contributed by atoms with Crippen LogP contribution in [0.15, 0.2) is 0 Å². The molecule has 17 heavy (non-hydrogen) atoms. The molecule has 2 fully saturated rings. The molecule has 3 atom stereocenters. The zero-order chi connectivity index (χ0) is 12.6. The Bertz CT molecular complexity index is 326. The summed E-state index contributed by atoms with van der Waals surface area (Å²) in [6.45, 7) is 4.42. The van der Waals surface area contributed by atoms with Crippen LogP contribution in [0.5, 0.6) is 0 Å². The van der Waals surface area contributed by atoms with Gasteiger partial charge in [0.2, 0.25) is 5.91 Å². The van der Waals surface area contributed by atoms with Crippen molar-refractivity contribution in [2.45, 2.75) is 38.9 Å². The fourth-order valence-electron chi connectivity index (χ4n) is 2.35. The molecule has 0 aromatic carbocycles. The SMILES string of the molecule is CC(C(=O)N1CC(C(=O)O)O[C@H](C)C1)C1CC1. The number of carboxylic acid groups (broad SMARTS) is 1. The van der Waals surface area contributed by atoms with Gasteiger partial charge in [-0.15, -0.1) is 0 Å². The Balaban J connectivity index is 1.99. The Kier molecular flexibility index (Phi) is 3.38. The number of aliphatic carboxylic acids is 1. The second kappa shape index (κ2) is 4.64. The molecule has 2 unspecified atom stereocenters. The summed E-state index contributed by atoms with van der Waals surface area (Å²) < 4.78 is 5.29. The molecule has 1 N–H and O–H groups in total. The summed E-state index contributed by atoms with van der Waals surface area (Å²) in [7, 11) is 0. The van der Waals surface area contributed by atoms with E-state index in [-0.39, 0.29) is 24.5 Å². The maximum atomic E-state index is 12.2. The third kappa shape index (κ3) is 2.77. The van der Waals surface area contributed by atoms with Crippen molar-refractivity contribution in [3.05, 3.63) is 0 Å². The second-order valence-electron chi connectivity index (χ2n) is 5.14. The Morgan fingerprint density at radius 1 is 1.35 bits per heavy atom. The first-order chi connectivity index (χ1) is 7.99. The molecule has 2 rings (SSSR count). The van der Waals surface area contributed by atoms with E-state index in [0.29, 0.717) is 12.5 Å². The molecule has 5 nitrogen and oxygen atoms in total. The molecular formula is C12H19NO4. The van der Waals surface area contributed by atoms with Crippen LogP contribution in [0.3, 0.4) is 0 Å². The third-order valence-electron chi connectivity index (χ3n) is 3.57. The van der Waals surface area contributed by atoms with Gasteiger partial charge in [-0.25, -0.2) is 4.79 Å². The van der Waals surface area contributed by atoms with Gasteiger partial charge in [0, 0.05) is 12.5 Å². The van der Waals surface area contributed by atoms with Crippen LogP contribution in [-0.4, -0.2) is 47.2 Å². The van der Waals surface area contributed by atoms with E-state index in [9.17, 15) is 9.59 Å². The summed E-state index contributed by atoms with van der Waals surface area (Å²) in [5, 5.41) is 8.95. The Labute approximate surface area is 101 Å². The van der Waals surface area contributed by atoms with Crippen LogP contribution in [0.25, 0.3) is 0 Å². The summed E-state index contributed by atoms with van der Waals surface area (Å²) >= 11 is 0. The maximum Gasteiger partial charge on any atom is 0.334 e. The van der Waals surface area contributed by atoms with Gasteiger partial charge >= 0.3 is 5.97 Å². The number of hydrogen-bond donors (Lipinski definition) is 1. The first-order valence-corrected chi connectivity index (χ1v) is 6.16. The van der Waals surface area contributed by atoms with E-state index in [2.05, 4.69) is 0 Å². The highest BCUT2D eigenvalue weighted by Gasteiger charge is 2.38. The van der Waals surface area contributed by atoms with Crippen molar-refractivity contribution in [3.8, 4) is 0 Å². The number of carbonyl (C=O) groups is 2. The molecule has 5 heteroatoms. The Hall–Kier alpha value is -1.10. The summed E-state index contributed by atoms with van der Waals surface area (Å²) in [6, 6.07) is 0. The zero-order valence-electron chi connectivity index (χ0n) is 10.3. The van der Waals surface area contributed by atoms with Crippen molar-refractivity contribution >= 4 is 11.9 Å². The number of carbonyl (C=O) groups excluding carboxylic acids is 1. The lowest BCUT2D eigenvalue weighted by atomic mass is 10.0. The van der Waals surface area contributed by atoms with Crippen LogP contribution in [0.2, 0.25) is 0 Å². The topological polar surface area (TPSA) is 66.8 Å². The molecule has 1 heterocycles. The molecule has 1 amide bonds. The summed E-state index contributed by atoms with van der Waals surface area (Å²) in [5.41, 5.74) is 0. The largest absolute Gasteiger partial charge is 0.479 e. The second-order valence-corrected chi connectivity index (χ2v) is 5.14. The lowest BCUT2D eigenvalue weighted by Crippen LogP contribution is -2.53. The van der Waals surface area contributed by atoms with Crippen LogP contribution < -0.4 is 0 Å². The van der Waals surface area contributed by atoms with Crippen molar-refractivity contribution < 1.29 is 19.4 Å². The fourth-order valence-corrected chi connectivity index (χ4v) is 2.35. The number of carboxylic acids is 1. The number of amides is 1. The standard InChI is InChI=1S/C12H19NO4/c1-7-5-13(6-10(17-7)12(15)16)11(14)8(2)9-3-4-9/h7-10H,3-6H2,1-2H3,(H,15,16)/t7-,8?,10?/m1/s1. The number of hydrogen-bond acceptors (Lipinski definition) is 3. The van der Waals surface area contributed by atoms with Crippen molar-refractivity contribution in [3.63, 3.8) is 0 Å². The van der Waals surface area contributed by atoms with E-state index in [1.165, 1.54) is 0 Å². The van der Waals surface area contributed by atoms with Gasteiger partial charge in [0.25, 0.3) is 0 Å². The van der Waals surface area contributed by atoms with Crippen molar-refractivity contribution in [1.29, 1.82) is 0 Å². The maximum absolute atomic E-state index is 12.2. The van der Waals surface area contributed by atoms with Gasteiger partial charge in [-0.1, -0.05) is 6.92 Å². The van der Waals surface area contributed by atoms with Gasteiger partial charge in [0.15, 0.2) is 6.10 Å². The van der Waals surface area contributed by atoms with Crippen molar-refractivity contribution in [1.82, 2.24) is 4.90 Å². The highest BCUT2D eigenvalue weighted by Crippen LogP contribution is 2.37. The molecular weight excluding hydrogens is 222 g/mol. The molecule has 0 spiro atoms. The van der Waals surface area contributed by atoms with Crippen LogP contribution in [-0.2, 0) is 14.3 Å². The van der Waals surface area contributed by atoms with E-state index in [1.54, 1.807) is 11.8 Å². The van der Waals surface area contributed by atoms with Crippen molar-refractivity contribution in [2.75, 3.05) is 13.1 Å². The smallest absolute Gasteiger partial charge is 0.334 e. The number of nitrogens with zero attached hydrogens (tertiary/aromatic N) is 1. The highest BCUT2D eigenvalue weighted by molar-refractivity contribution is 5.81. The molecule has 1 aliphatic carbocycles. The van der Waals surface area contributed by atoms with Crippen LogP contribution in [0.1, 0.15) is 26.7 Å². The molecule has 0 aromatic rings. The zero-order valence-corrected chi connectivity index (χ0v) is 10.3. The lowest BCUT2D eigenvalue weighted by Gasteiger charge is -2.36. The summed E-state index contributed by atoms with van der Waals surface area (Å²) in [4.78, 5) is 24.7. The minimum absolute atomic E-state index is 0.0229. The van der Waals surface area contributed by atoms with Crippen LogP contribution in [0, 0.1) is 11.8 Å². The average molecular weight is 241 g/mol. The average Bonchev–Trinajstić information content (AvgIpc) is 3.10. The van der Waals surface area contributed by atoms with Gasteiger partial charge in [0.1, 0.15) is 0 Å². The highest BCUT2D eigenvalue weighted by atomic mass is 16.5. The monoisotopic (exact) mass is 241 g/mol. The molecule has 0 radical (unpaired) electrons. The molecule has 0 bridgehead atoms. The molecule has 1 saturated carbocycles. The molecule has 2 aliphatic rings. The molecule has 96 valence electrons. The summed E-state index contributed by atoms with van der Waals surface area (Å²) in [6.07, 6.45) is 1.15. The molecule has 1 aliphatic heterocycles. The predicted molar refractivity (Wildman–Crippen MR) is 60.4 cm³/mol. The third-order valence-corrected chi connectivity index (χ3v) is 3.57. The normalized spacial score (nSPS) is 31.1. The Morgan fingerprint density at radius 2 is 2.00 bits per heavy atom. The van der Waals surface area contributed by atoms with Gasteiger partial charge in [-0.2, -0.15) is 0 Å². The van der Waals surface area contributed by atoms with Crippen LogP contribution >= 0.6 is 0 Å². The first-order valence-electron chi connectivity index (χ1n) is 6.16. The summed E-state index contributed by atoms with van der Waals surface area (Å²) in [5.74, 6) is -0.388. The quantitative estimate of drug-likeness (QED) is 0.791. The van der Waals surface area contributed by atoms with E-state index in [4.69, 9.17) is 9.84 Å². The first kappa shape index (κ1) is 12.4. The lowest BCUT2D eigenvalue weighted by molar-refractivity contribution is -0.167. The Morgan fingerprint density at radius 3 is 2.53 bits per heavy atom. The van der Waals surface area contributed by atoms with Crippen LogP contribution in [0.4, 0.5) is 0 Å². The van der Waals surface area contributed by atoms with E-state index >= 15 is 0 Å². The van der Waals surface area contributed by atoms with Gasteiger partial charge in [0.05, 0.1) is 12.6 Å². The molecule has 1 saturated heterocycles. The van der Waals surface area contributed by atoms with E-state index in [0.717, 1.165) is 12.8 Å². The number of rotatable bonds is 3. The van der Waals surface area contributed by atoms with Gasteiger partial charge < -0.3 is 14.7 Å². The van der Waals surface area contributed by atoms with E-state index in [1.807, 2.05) is 6.92 Å². The predicted octanol–water partition coefficient (Wildman–Crippen LogP) is 0.733. The number of morpholine rings is 1. The number of ether oxygens (including phenoxy) is 1. The minimum Gasteiger partial charge on any atom is -0.479 e. The van der Waals surface area contributed by atoms with Crippen molar-refractivity contribution in [2.24, 2.45) is 11.8 Å². The van der Waals surface area contributed by atoms with Gasteiger partial charge in [-0.05, 0) is 25.7 Å². The fraction of sp³-hybridized carbons (Fsp3) is 0.833. The van der Waals surface area contributed by atoms with Gasteiger partial charge in [-0.3, -0.25) is 4.79 Å².